The molecule has 0 spiro atoms. The van der Waals surface area contributed by atoms with E-state index in [2.05, 4.69) is 4.72 Å². The first kappa shape index (κ1) is 16.2. The van der Waals surface area contributed by atoms with Gasteiger partial charge >= 0.3 is 0 Å². The minimum atomic E-state index is -3.42. The van der Waals surface area contributed by atoms with Crippen LogP contribution in [0.1, 0.15) is 18.9 Å². The van der Waals surface area contributed by atoms with Gasteiger partial charge in [-0.2, -0.15) is 0 Å². The third-order valence-corrected chi connectivity index (χ3v) is 5.45. The topological polar surface area (TPSA) is 84.9 Å². The summed E-state index contributed by atoms with van der Waals surface area (Å²) >= 11 is 0. The molecular weight excluding hydrogens is 294 g/mol. The maximum Gasteiger partial charge on any atom is 0.217 e. The van der Waals surface area contributed by atoms with Gasteiger partial charge in [-0.3, -0.25) is 0 Å². The van der Waals surface area contributed by atoms with Gasteiger partial charge in [-0.15, -0.1) is 0 Å². The molecule has 0 bridgehead atoms. The van der Waals surface area contributed by atoms with Crippen molar-refractivity contribution in [2.45, 2.75) is 31.2 Å². The first-order valence-corrected chi connectivity index (χ1v) is 8.51. The molecule has 1 aromatic rings. The molecule has 2 N–H and O–H groups in total. The number of rotatable bonds is 7. The second kappa shape index (κ2) is 7.22. The number of ether oxygens (including phenoxy) is 2. The second-order valence-corrected chi connectivity index (χ2v) is 6.93. The van der Waals surface area contributed by atoms with Gasteiger partial charge in [0.05, 0.1) is 12.7 Å². The highest BCUT2D eigenvalue weighted by atomic mass is 32.2. The van der Waals surface area contributed by atoms with Gasteiger partial charge in [-0.25, -0.2) is 13.1 Å². The predicted octanol–water partition coefficient (Wildman–Crippen LogP) is 0.654. The lowest BCUT2D eigenvalue weighted by atomic mass is 10.2. The Hall–Kier alpha value is -1.15. The van der Waals surface area contributed by atoms with Crippen LogP contribution in [0.25, 0.3) is 0 Å². The van der Waals surface area contributed by atoms with Crippen LogP contribution < -0.4 is 9.46 Å². The fourth-order valence-corrected chi connectivity index (χ4v) is 3.91. The molecule has 1 aliphatic heterocycles. The van der Waals surface area contributed by atoms with Crippen LogP contribution in [0.5, 0.6) is 5.75 Å². The second-order valence-electron chi connectivity index (χ2n) is 4.95. The molecule has 0 aliphatic carbocycles. The number of hydrogen-bond donors (Lipinski definition) is 2. The van der Waals surface area contributed by atoms with Gasteiger partial charge in [0.25, 0.3) is 0 Å². The average molecular weight is 315 g/mol. The summed E-state index contributed by atoms with van der Waals surface area (Å²) in [6, 6.07) is 7.17. The minimum absolute atomic E-state index is 0.0863. The molecule has 1 fully saturated rings. The SMILES string of the molecule is CC1OCCC1S(=O)(=O)NCc1ccccc1OCCO. The van der Waals surface area contributed by atoms with E-state index in [1.165, 1.54) is 0 Å². The third-order valence-electron chi connectivity index (χ3n) is 3.49. The van der Waals surface area contributed by atoms with Crippen LogP contribution in [-0.4, -0.2) is 44.7 Å². The molecule has 6 nitrogen and oxygen atoms in total. The molecule has 21 heavy (non-hydrogen) atoms. The Morgan fingerprint density at radius 3 is 2.86 bits per heavy atom. The van der Waals surface area contributed by atoms with E-state index in [0.29, 0.717) is 18.8 Å². The van der Waals surface area contributed by atoms with Crippen molar-refractivity contribution in [1.29, 1.82) is 0 Å². The predicted molar refractivity (Wildman–Crippen MR) is 78.6 cm³/mol. The molecule has 1 aliphatic rings. The molecule has 2 atom stereocenters. The van der Waals surface area contributed by atoms with Gasteiger partial charge in [0.2, 0.25) is 10.0 Å². The summed E-state index contributed by atoms with van der Waals surface area (Å²) in [6.45, 7) is 2.50. The zero-order chi connectivity index (χ0) is 15.3. The quantitative estimate of drug-likeness (QED) is 0.772. The highest BCUT2D eigenvalue weighted by Gasteiger charge is 2.35. The van der Waals surface area contributed by atoms with Gasteiger partial charge in [0, 0.05) is 18.7 Å². The lowest BCUT2D eigenvalue weighted by molar-refractivity contribution is 0.126. The molecule has 2 unspecified atom stereocenters. The Morgan fingerprint density at radius 2 is 2.19 bits per heavy atom. The molecule has 118 valence electrons. The Balaban J connectivity index is 2.02. The molecule has 1 saturated heterocycles. The van der Waals surface area contributed by atoms with Gasteiger partial charge in [0.1, 0.15) is 17.6 Å². The van der Waals surface area contributed by atoms with Gasteiger partial charge in [-0.05, 0) is 19.4 Å². The summed E-state index contributed by atoms with van der Waals surface area (Å²) in [4.78, 5) is 0. The Kier molecular flexibility index (Phi) is 5.58. The highest BCUT2D eigenvalue weighted by Crippen LogP contribution is 2.22. The van der Waals surface area contributed by atoms with Crippen molar-refractivity contribution >= 4 is 10.0 Å². The van der Waals surface area contributed by atoms with Crippen molar-refractivity contribution in [1.82, 2.24) is 4.72 Å². The summed E-state index contributed by atoms with van der Waals surface area (Å²) in [6.07, 6.45) is 0.225. The van der Waals surface area contributed by atoms with Crippen molar-refractivity contribution in [2.24, 2.45) is 0 Å². The van der Waals surface area contributed by atoms with E-state index in [1.807, 2.05) is 6.07 Å². The average Bonchev–Trinajstić information content (AvgIpc) is 2.91. The number of para-hydroxylation sites is 1. The van der Waals surface area contributed by atoms with E-state index in [9.17, 15) is 8.42 Å². The lowest BCUT2D eigenvalue weighted by Gasteiger charge is -2.17. The van der Waals surface area contributed by atoms with Crippen molar-refractivity contribution in [3.05, 3.63) is 29.8 Å². The fraction of sp³-hybridized carbons (Fsp3) is 0.571. The number of aliphatic hydroxyl groups is 1. The van der Waals surface area contributed by atoms with E-state index in [0.717, 1.165) is 5.56 Å². The van der Waals surface area contributed by atoms with E-state index < -0.39 is 15.3 Å². The first-order valence-electron chi connectivity index (χ1n) is 6.96. The molecule has 1 heterocycles. The zero-order valence-corrected chi connectivity index (χ0v) is 12.8. The monoisotopic (exact) mass is 315 g/mol. The molecular formula is C14H21NO5S. The fourth-order valence-electron chi connectivity index (χ4n) is 2.35. The summed E-state index contributed by atoms with van der Waals surface area (Å²) in [5.74, 6) is 0.574. The minimum Gasteiger partial charge on any atom is -0.491 e. The largest absolute Gasteiger partial charge is 0.491 e. The molecule has 2 rings (SSSR count). The highest BCUT2D eigenvalue weighted by molar-refractivity contribution is 7.90. The van der Waals surface area contributed by atoms with E-state index in [1.54, 1.807) is 25.1 Å². The molecule has 0 amide bonds. The number of sulfonamides is 1. The summed E-state index contributed by atoms with van der Waals surface area (Å²) < 4.78 is 37.9. The molecule has 0 radical (unpaired) electrons. The standard InChI is InChI=1S/C14H21NO5S/c1-11-14(6-8-19-11)21(17,18)15-10-12-4-2-3-5-13(12)20-9-7-16/h2-5,11,14-16H,6-10H2,1H3. The van der Waals surface area contributed by atoms with Gasteiger partial charge in [0.15, 0.2) is 0 Å². The summed E-state index contributed by atoms with van der Waals surface area (Å²) in [5.41, 5.74) is 0.737. The van der Waals surface area contributed by atoms with Crippen LogP contribution in [-0.2, 0) is 21.3 Å². The molecule has 7 heteroatoms. The van der Waals surface area contributed by atoms with Crippen LogP contribution in [0.3, 0.4) is 0 Å². The van der Waals surface area contributed by atoms with E-state index in [-0.39, 0.29) is 25.9 Å². The summed E-state index contributed by atoms with van der Waals surface area (Å²) in [7, 11) is -3.42. The summed E-state index contributed by atoms with van der Waals surface area (Å²) in [5, 5.41) is 8.29. The lowest BCUT2D eigenvalue weighted by Crippen LogP contribution is -2.37. The van der Waals surface area contributed by atoms with E-state index >= 15 is 0 Å². The smallest absolute Gasteiger partial charge is 0.217 e. The number of hydrogen-bond acceptors (Lipinski definition) is 5. The molecule has 0 saturated carbocycles. The van der Waals surface area contributed by atoms with Crippen molar-refractivity contribution in [3.63, 3.8) is 0 Å². The van der Waals surface area contributed by atoms with Crippen molar-refractivity contribution < 1.29 is 23.0 Å². The zero-order valence-electron chi connectivity index (χ0n) is 12.0. The van der Waals surface area contributed by atoms with Crippen LogP contribution in [0, 0.1) is 0 Å². The van der Waals surface area contributed by atoms with Crippen LogP contribution in [0.4, 0.5) is 0 Å². The molecule has 0 aromatic heterocycles. The normalized spacial score (nSPS) is 22.4. The molecule has 1 aromatic carbocycles. The maximum atomic E-state index is 12.3. The number of benzene rings is 1. The van der Waals surface area contributed by atoms with Crippen molar-refractivity contribution in [2.75, 3.05) is 19.8 Å². The van der Waals surface area contributed by atoms with Crippen molar-refractivity contribution in [3.8, 4) is 5.75 Å². The Morgan fingerprint density at radius 1 is 1.43 bits per heavy atom. The third kappa shape index (κ3) is 4.16. The first-order chi connectivity index (χ1) is 10.0. The Labute approximate surface area is 125 Å². The number of nitrogens with one attached hydrogen (secondary N) is 1. The Bertz CT molecular complexity index is 560. The van der Waals surface area contributed by atoms with E-state index in [4.69, 9.17) is 14.6 Å². The van der Waals surface area contributed by atoms with Crippen LogP contribution in [0.15, 0.2) is 24.3 Å². The van der Waals surface area contributed by atoms with Gasteiger partial charge < -0.3 is 14.6 Å². The van der Waals surface area contributed by atoms with Gasteiger partial charge in [-0.1, -0.05) is 18.2 Å². The maximum absolute atomic E-state index is 12.3. The van der Waals surface area contributed by atoms with Crippen LogP contribution >= 0.6 is 0 Å². The van der Waals surface area contributed by atoms with Crippen LogP contribution in [0.2, 0.25) is 0 Å². The number of aliphatic hydroxyl groups excluding tert-OH is 1.